The number of ether oxygens (including phenoxy) is 2. The van der Waals surface area contributed by atoms with E-state index in [1.807, 2.05) is 0 Å². The summed E-state index contributed by atoms with van der Waals surface area (Å²) in [5.74, 6) is 4.11. The summed E-state index contributed by atoms with van der Waals surface area (Å²) in [7, 11) is 0. The van der Waals surface area contributed by atoms with Crippen LogP contribution >= 0.6 is 0 Å². The van der Waals surface area contributed by atoms with E-state index in [0.717, 1.165) is 24.2 Å². The molecule has 9 heteroatoms. The summed E-state index contributed by atoms with van der Waals surface area (Å²) in [5, 5.41) is 62.7. The first-order valence-electron chi connectivity index (χ1n) is 20.4. The fourth-order valence-corrected chi connectivity index (χ4v) is 14.6. The van der Waals surface area contributed by atoms with E-state index in [4.69, 9.17) is 15.2 Å². The third kappa shape index (κ3) is 6.17. The average Bonchev–Trinajstić information content (AvgIpc) is 3.42. The van der Waals surface area contributed by atoms with Gasteiger partial charge in [-0.05, 0) is 140 Å². The van der Waals surface area contributed by atoms with Crippen molar-refractivity contribution >= 4 is 0 Å². The molecule has 50 heavy (non-hydrogen) atoms. The predicted octanol–water partition coefficient (Wildman–Crippen LogP) is 4.76. The van der Waals surface area contributed by atoms with Crippen LogP contribution in [0.5, 0.6) is 0 Å². The van der Waals surface area contributed by atoms with Crippen LogP contribution in [-0.4, -0.2) is 92.8 Å². The Labute approximate surface area is 302 Å². The van der Waals surface area contributed by atoms with Gasteiger partial charge < -0.3 is 45.8 Å². The molecule has 0 bridgehead atoms. The third-order valence-corrected chi connectivity index (χ3v) is 17.5. The lowest BCUT2D eigenvalue weighted by atomic mass is 9.32. The Balaban J connectivity index is 1.05. The van der Waals surface area contributed by atoms with Gasteiger partial charge in [-0.15, -0.1) is 0 Å². The molecule has 1 heterocycles. The van der Waals surface area contributed by atoms with Crippen LogP contribution in [0.2, 0.25) is 0 Å². The highest BCUT2D eigenvalue weighted by molar-refractivity contribution is 5.19. The van der Waals surface area contributed by atoms with Gasteiger partial charge in [0.25, 0.3) is 0 Å². The van der Waals surface area contributed by atoms with Crippen LogP contribution in [0.15, 0.2) is 0 Å². The van der Waals surface area contributed by atoms with Gasteiger partial charge in [0.15, 0.2) is 6.29 Å². The highest BCUT2D eigenvalue weighted by Crippen LogP contribution is 2.78. The molecule has 18 atom stereocenters. The molecule has 9 nitrogen and oxygen atoms in total. The SMILES string of the molecule is CC(CC[C@@H](O)[C@@H](O)[C@@H](O)COC1OC(CN)C(O)C(O)C1O)[C@H]1CC[C@]2(C)[C@H]3CC[C@@H]4[C@@]5(C)CCCC(C)(C)[C@@H]5CC[C@@]4(C)[C@]3(C)CC[C@@H]12. The summed E-state index contributed by atoms with van der Waals surface area (Å²) in [4.78, 5) is 0. The van der Waals surface area contributed by atoms with Crippen molar-refractivity contribution in [2.45, 2.75) is 181 Å². The highest BCUT2D eigenvalue weighted by Gasteiger charge is 2.70. The van der Waals surface area contributed by atoms with E-state index in [1.54, 1.807) is 0 Å². The molecule has 6 fully saturated rings. The second-order valence-electron chi connectivity index (χ2n) is 20.1. The molecule has 6 aliphatic rings. The molecular formula is C41H73NO8. The summed E-state index contributed by atoms with van der Waals surface area (Å²) in [6.45, 7) is 17.7. The minimum absolute atomic E-state index is 0.0911. The highest BCUT2D eigenvalue weighted by atomic mass is 16.7. The number of aliphatic hydroxyl groups excluding tert-OH is 6. The second kappa shape index (κ2) is 14.1. The molecule has 0 spiro atoms. The number of nitrogens with two attached hydrogens (primary N) is 1. The lowest BCUT2D eigenvalue weighted by molar-refractivity contribution is -0.300. The molecule has 1 saturated heterocycles. The minimum atomic E-state index is -1.54. The zero-order valence-electron chi connectivity index (χ0n) is 32.3. The van der Waals surface area contributed by atoms with Crippen molar-refractivity contribution in [3.8, 4) is 0 Å². The maximum atomic E-state index is 10.9. The van der Waals surface area contributed by atoms with Gasteiger partial charge in [0.05, 0.1) is 12.7 Å². The summed E-state index contributed by atoms with van der Waals surface area (Å²) in [6.07, 6.45) is 5.33. The van der Waals surface area contributed by atoms with Crippen LogP contribution in [0, 0.1) is 62.6 Å². The number of hydrogen-bond acceptors (Lipinski definition) is 9. The molecule has 1 aliphatic heterocycles. The van der Waals surface area contributed by atoms with Crippen molar-refractivity contribution in [3.63, 3.8) is 0 Å². The lowest BCUT2D eigenvalue weighted by Gasteiger charge is -2.73. The first-order valence-corrected chi connectivity index (χ1v) is 20.4. The van der Waals surface area contributed by atoms with Crippen molar-refractivity contribution < 1.29 is 40.1 Å². The maximum absolute atomic E-state index is 10.9. The zero-order chi connectivity index (χ0) is 36.6. The molecule has 0 aromatic rings. The Morgan fingerprint density at radius 1 is 0.700 bits per heavy atom. The monoisotopic (exact) mass is 708 g/mol. The number of fused-ring (bicyclic) bond motifs is 7. The standard InChI is InChI=1S/C41H73NO8/c1-23(9-10-26(43)32(45)27(44)22-49-36-35(48)34(47)33(46)28(21-42)50-36)24-13-18-38(4)25(24)14-19-40(6)30(38)11-12-31-39(5)17-8-16-37(2,3)29(39)15-20-41(31,40)7/h23-36,43-48H,8-22,42H2,1-7H3/t23?,24-,25+,26-,27+,28?,29+,30-,31-,32-,33?,34?,35?,36?,38+,39+,40-,41-/m1/s1. The smallest absolute Gasteiger partial charge is 0.186 e. The third-order valence-electron chi connectivity index (χ3n) is 17.5. The van der Waals surface area contributed by atoms with Crippen LogP contribution in [-0.2, 0) is 9.47 Å². The van der Waals surface area contributed by atoms with Gasteiger partial charge in [-0.2, -0.15) is 0 Å². The number of aliphatic hydroxyl groups is 6. The fourth-order valence-electron chi connectivity index (χ4n) is 14.6. The Kier molecular flexibility index (Phi) is 11.1. The molecule has 290 valence electrons. The van der Waals surface area contributed by atoms with Crippen LogP contribution in [0.25, 0.3) is 0 Å². The normalized spacial score (nSPS) is 51.0. The Hall–Kier alpha value is -0.360. The molecule has 0 aromatic carbocycles. The number of hydrogen-bond donors (Lipinski definition) is 7. The topological polar surface area (TPSA) is 166 Å². The van der Waals surface area contributed by atoms with E-state index in [-0.39, 0.29) is 6.54 Å². The fraction of sp³-hybridized carbons (Fsp3) is 1.00. The van der Waals surface area contributed by atoms with E-state index in [1.165, 1.54) is 70.6 Å². The maximum Gasteiger partial charge on any atom is 0.186 e. The Bertz CT molecular complexity index is 1190. The quantitative estimate of drug-likeness (QED) is 0.170. The molecule has 6 rings (SSSR count). The summed E-state index contributed by atoms with van der Waals surface area (Å²) in [5.41, 5.74) is 7.62. The zero-order valence-corrected chi connectivity index (χ0v) is 32.3. The van der Waals surface area contributed by atoms with Gasteiger partial charge in [-0.25, -0.2) is 0 Å². The summed E-state index contributed by atoms with van der Waals surface area (Å²) in [6, 6.07) is 0. The van der Waals surface area contributed by atoms with Crippen molar-refractivity contribution in [2.24, 2.45) is 68.3 Å². The van der Waals surface area contributed by atoms with Crippen molar-refractivity contribution in [2.75, 3.05) is 13.2 Å². The van der Waals surface area contributed by atoms with E-state index < -0.39 is 55.6 Å². The molecule has 5 saturated carbocycles. The van der Waals surface area contributed by atoms with Crippen molar-refractivity contribution in [1.82, 2.24) is 0 Å². The number of rotatable bonds is 10. The van der Waals surface area contributed by atoms with Gasteiger partial charge in [-0.3, -0.25) is 0 Å². The van der Waals surface area contributed by atoms with Crippen molar-refractivity contribution in [3.05, 3.63) is 0 Å². The Morgan fingerprint density at radius 2 is 1.34 bits per heavy atom. The average molecular weight is 708 g/mol. The minimum Gasteiger partial charge on any atom is -0.390 e. The van der Waals surface area contributed by atoms with Gasteiger partial charge in [0.2, 0.25) is 0 Å². The molecule has 0 amide bonds. The van der Waals surface area contributed by atoms with Gasteiger partial charge in [-0.1, -0.05) is 54.9 Å². The molecule has 5 aliphatic carbocycles. The first kappa shape index (κ1) is 39.3. The molecular weight excluding hydrogens is 634 g/mol. The predicted molar refractivity (Wildman–Crippen MR) is 193 cm³/mol. The van der Waals surface area contributed by atoms with Gasteiger partial charge in [0, 0.05) is 6.54 Å². The van der Waals surface area contributed by atoms with Crippen LogP contribution in [0.3, 0.4) is 0 Å². The van der Waals surface area contributed by atoms with E-state index in [2.05, 4.69) is 48.5 Å². The Morgan fingerprint density at radius 3 is 2.00 bits per heavy atom. The lowest BCUT2D eigenvalue weighted by Crippen LogP contribution is -2.65. The molecule has 8 N–H and O–H groups in total. The largest absolute Gasteiger partial charge is 0.390 e. The van der Waals surface area contributed by atoms with Crippen LogP contribution in [0.1, 0.15) is 132 Å². The first-order chi connectivity index (χ1) is 23.4. The molecule has 0 aromatic heterocycles. The van der Waals surface area contributed by atoms with Crippen molar-refractivity contribution in [1.29, 1.82) is 0 Å². The van der Waals surface area contributed by atoms with Crippen LogP contribution < -0.4 is 5.73 Å². The molecule has 0 radical (unpaired) electrons. The van der Waals surface area contributed by atoms with Crippen LogP contribution in [0.4, 0.5) is 0 Å². The van der Waals surface area contributed by atoms with E-state index in [0.29, 0.717) is 51.2 Å². The van der Waals surface area contributed by atoms with E-state index in [9.17, 15) is 30.6 Å². The molecule has 6 unspecified atom stereocenters. The second-order valence-corrected chi connectivity index (χ2v) is 20.1. The van der Waals surface area contributed by atoms with Gasteiger partial charge in [0.1, 0.15) is 36.6 Å². The summed E-state index contributed by atoms with van der Waals surface area (Å²) >= 11 is 0. The van der Waals surface area contributed by atoms with E-state index >= 15 is 0 Å². The van der Waals surface area contributed by atoms with Gasteiger partial charge >= 0.3 is 0 Å². The summed E-state index contributed by atoms with van der Waals surface area (Å²) < 4.78 is 10.9.